The molecule has 1 N–H and O–H groups in total. The van der Waals surface area contributed by atoms with Crippen LogP contribution < -0.4 is 4.90 Å². The maximum atomic E-state index is 10.5. The number of nitrogens with zero attached hydrogens (tertiary/aromatic N) is 3. The smallest absolute Gasteiger partial charge is 0.144 e. The lowest BCUT2D eigenvalue weighted by atomic mass is 10.0. The summed E-state index contributed by atoms with van der Waals surface area (Å²) in [5.74, 6) is 2.05. The summed E-state index contributed by atoms with van der Waals surface area (Å²) in [6.45, 7) is 6.40. The Labute approximate surface area is 131 Å². The second-order valence-electron chi connectivity index (χ2n) is 6.50. The van der Waals surface area contributed by atoms with Crippen molar-refractivity contribution in [1.29, 1.82) is 5.26 Å². The molecule has 0 amide bonds. The number of nitriles is 1. The number of aromatic hydroxyl groups is 1. The highest BCUT2D eigenvalue weighted by Crippen LogP contribution is 2.36. The largest absolute Gasteiger partial charge is 0.506 e. The zero-order valence-corrected chi connectivity index (χ0v) is 13.1. The molecule has 0 bridgehead atoms. The van der Waals surface area contributed by atoms with E-state index in [1.807, 2.05) is 12.1 Å². The summed E-state index contributed by atoms with van der Waals surface area (Å²) >= 11 is 0. The van der Waals surface area contributed by atoms with Gasteiger partial charge in [0.1, 0.15) is 17.6 Å². The second kappa shape index (κ2) is 5.84. The zero-order valence-electron chi connectivity index (χ0n) is 13.1. The summed E-state index contributed by atoms with van der Waals surface area (Å²) in [5.41, 5.74) is 0.303. The highest BCUT2D eigenvalue weighted by Gasteiger charge is 2.23. The highest BCUT2D eigenvalue weighted by atomic mass is 16.3. The molecule has 4 heteroatoms. The third-order valence-corrected chi connectivity index (χ3v) is 4.52. The van der Waals surface area contributed by atoms with Crippen molar-refractivity contribution in [1.82, 2.24) is 4.98 Å². The lowest BCUT2D eigenvalue weighted by Crippen LogP contribution is -2.30. The zero-order chi connectivity index (χ0) is 15.7. The van der Waals surface area contributed by atoms with Gasteiger partial charge in [-0.3, -0.25) is 0 Å². The van der Waals surface area contributed by atoms with E-state index in [-0.39, 0.29) is 5.75 Å². The van der Waals surface area contributed by atoms with E-state index in [9.17, 15) is 5.11 Å². The van der Waals surface area contributed by atoms with Crippen LogP contribution in [0.2, 0.25) is 0 Å². The van der Waals surface area contributed by atoms with Crippen molar-refractivity contribution >= 4 is 16.6 Å². The maximum Gasteiger partial charge on any atom is 0.144 e. The minimum atomic E-state index is 0.0488. The molecule has 2 aromatic rings. The van der Waals surface area contributed by atoms with Crippen LogP contribution in [0.1, 0.15) is 32.3 Å². The summed E-state index contributed by atoms with van der Waals surface area (Å²) in [6, 6.07) is 7.47. The van der Waals surface area contributed by atoms with Crippen LogP contribution in [0.25, 0.3) is 10.8 Å². The van der Waals surface area contributed by atoms with Crippen molar-refractivity contribution in [2.24, 2.45) is 11.8 Å². The minimum absolute atomic E-state index is 0.0488. The van der Waals surface area contributed by atoms with Gasteiger partial charge >= 0.3 is 0 Å². The van der Waals surface area contributed by atoms with Crippen molar-refractivity contribution in [3.8, 4) is 11.8 Å². The molecule has 1 aromatic heterocycles. The number of benzene rings is 1. The van der Waals surface area contributed by atoms with Crippen LogP contribution in [0.3, 0.4) is 0 Å². The van der Waals surface area contributed by atoms with Crippen LogP contribution in [0, 0.1) is 23.2 Å². The quantitative estimate of drug-likeness (QED) is 0.871. The number of phenols is 1. The number of fused-ring (bicyclic) bond motifs is 1. The van der Waals surface area contributed by atoms with Gasteiger partial charge in [-0.2, -0.15) is 5.26 Å². The Morgan fingerprint density at radius 3 is 2.50 bits per heavy atom. The van der Waals surface area contributed by atoms with Gasteiger partial charge in [0.2, 0.25) is 0 Å². The third kappa shape index (κ3) is 2.59. The average molecular weight is 295 g/mol. The van der Waals surface area contributed by atoms with Crippen molar-refractivity contribution in [2.75, 3.05) is 18.0 Å². The summed E-state index contributed by atoms with van der Waals surface area (Å²) < 4.78 is 0. The molecule has 1 aromatic carbocycles. The highest BCUT2D eigenvalue weighted by molar-refractivity contribution is 5.98. The average Bonchev–Trinajstić information content (AvgIpc) is 2.68. The third-order valence-electron chi connectivity index (χ3n) is 4.52. The van der Waals surface area contributed by atoms with E-state index in [0.29, 0.717) is 22.8 Å². The van der Waals surface area contributed by atoms with E-state index in [4.69, 9.17) is 5.26 Å². The van der Waals surface area contributed by atoms with Gasteiger partial charge in [0, 0.05) is 19.3 Å². The van der Waals surface area contributed by atoms with Crippen LogP contribution >= 0.6 is 0 Å². The number of phenolic OH excluding ortho intramolecular Hbond substituents is 1. The van der Waals surface area contributed by atoms with E-state index in [1.54, 1.807) is 12.3 Å². The normalized spacial score (nSPS) is 22.3. The standard InChI is InChI=1S/C18H21N3O/c1-12-3-4-13(2)11-21(10-12)18-16-14(7-8-20-18)5-6-15(9-19)17(16)22/h5-8,12-13,22H,3-4,10-11H2,1-2H3. The Kier molecular flexibility index (Phi) is 3.89. The molecule has 2 atom stereocenters. The summed E-state index contributed by atoms with van der Waals surface area (Å²) in [7, 11) is 0. The molecule has 1 saturated heterocycles. The second-order valence-corrected chi connectivity index (χ2v) is 6.50. The molecule has 0 radical (unpaired) electrons. The monoisotopic (exact) mass is 295 g/mol. The summed E-state index contributed by atoms with van der Waals surface area (Å²) in [5, 5.41) is 21.3. The Morgan fingerprint density at radius 2 is 1.86 bits per heavy atom. The molecule has 1 fully saturated rings. The molecule has 2 unspecified atom stereocenters. The molecular formula is C18H21N3O. The Bertz CT molecular complexity index is 723. The van der Waals surface area contributed by atoms with Crippen molar-refractivity contribution < 1.29 is 5.11 Å². The van der Waals surface area contributed by atoms with Crippen molar-refractivity contribution in [2.45, 2.75) is 26.7 Å². The fraction of sp³-hybridized carbons (Fsp3) is 0.444. The first-order valence-electron chi connectivity index (χ1n) is 7.86. The van der Waals surface area contributed by atoms with Gasteiger partial charge in [-0.1, -0.05) is 19.9 Å². The van der Waals surface area contributed by atoms with E-state index < -0.39 is 0 Å². The van der Waals surface area contributed by atoms with Gasteiger partial charge in [-0.05, 0) is 42.2 Å². The van der Waals surface area contributed by atoms with Crippen LogP contribution in [-0.4, -0.2) is 23.2 Å². The SMILES string of the molecule is CC1CCC(C)CN(c2nccc3ccc(C#N)c(O)c23)C1. The number of rotatable bonds is 1. The lowest BCUT2D eigenvalue weighted by Gasteiger charge is -2.27. The Balaban J connectivity index is 2.15. The fourth-order valence-electron chi connectivity index (χ4n) is 3.31. The molecule has 3 rings (SSSR count). The molecule has 4 nitrogen and oxygen atoms in total. The van der Waals surface area contributed by atoms with E-state index in [0.717, 1.165) is 24.3 Å². The number of hydrogen-bond donors (Lipinski definition) is 1. The maximum absolute atomic E-state index is 10.5. The number of aromatic nitrogens is 1. The molecule has 0 saturated carbocycles. The first-order valence-corrected chi connectivity index (χ1v) is 7.86. The molecule has 0 spiro atoms. The first kappa shape index (κ1) is 14.6. The van der Waals surface area contributed by atoms with Crippen LogP contribution in [-0.2, 0) is 0 Å². The molecule has 2 heterocycles. The fourth-order valence-corrected chi connectivity index (χ4v) is 3.31. The van der Waals surface area contributed by atoms with E-state index in [2.05, 4.69) is 29.8 Å². The number of anilines is 1. The van der Waals surface area contributed by atoms with Gasteiger partial charge in [0.15, 0.2) is 0 Å². The molecule has 1 aliphatic heterocycles. The Hall–Kier alpha value is -2.28. The Morgan fingerprint density at radius 1 is 1.18 bits per heavy atom. The van der Waals surface area contributed by atoms with E-state index >= 15 is 0 Å². The lowest BCUT2D eigenvalue weighted by molar-refractivity contribution is 0.479. The van der Waals surface area contributed by atoms with Crippen LogP contribution in [0.4, 0.5) is 5.82 Å². The molecule has 0 aliphatic carbocycles. The van der Waals surface area contributed by atoms with Crippen LogP contribution in [0.15, 0.2) is 24.4 Å². The molecular weight excluding hydrogens is 274 g/mol. The van der Waals surface area contributed by atoms with E-state index in [1.165, 1.54) is 12.8 Å². The molecule has 22 heavy (non-hydrogen) atoms. The van der Waals surface area contributed by atoms with Crippen molar-refractivity contribution in [3.05, 3.63) is 30.0 Å². The van der Waals surface area contributed by atoms with Crippen LogP contribution in [0.5, 0.6) is 5.75 Å². The van der Waals surface area contributed by atoms with Gasteiger partial charge in [-0.25, -0.2) is 4.98 Å². The summed E-state index contributed by atoms with van der Waals surface area (Å²) in [6.07, 6.45) is 4.22. The van der Waals surface area contributed by atoms with Gasteiger partial charge in [0.25, 0.3) is 0 Å². The van der Waals surface area contributed by atoms with Crippen molar-refractivity contribution in [3.63, 3.8) is 0 Å². The predicted octanol–water partition coefficient (Wildman–Crippen LogP) is 3.68. The number of hydrogen-bond acceptors (Lipinski definition) is 4. The summed E-state index contributed by atoms with van der Waals surface area (Å²) in [4.78, 5) is 6.80. The topological polar surface area (TPSA) is 60.2 Å². The first-order chi connectivity index (χ1) is 10.6. The van der Waals surface area contributed by atoms with Gasteiger partial charge in [0.05, 0.1) is 10.9 Å². The molecule has 1 aliphatic rings. The molecule has 114 valence electrons. The van der Waals surface area contributed by atoms with Gasteiger partial charge in [-0.15, -0.1) is 0 Å². The minimum Gasteiger partial charge on any atom is -0.506 e. The number of pyridine rings is 1. The van der Waals surface area contributed by atoms with Gasteiger partial charge < -0.3 is 10.0 Å². The predicted molar refractivity (Wildman–Crippen MR) is 87.9 cm³/mol.